The van der Waals surface area contributed by atoms with E-state index in [1.165, 1.54) is 11.6 Å². The van der Waals surface area contributed by atoms with Crippen LogP contribution in [0.3, 0.4) is 0 Å². The van der Waals surface area contributed by atoms with Crippen molar-refractivity contribution in [1.29, 1.82) is 0 Å². The van der Waals surface area contributed by atoms with Crippen LogP contribution in [0, 0.1) is 13.8 Å². The highest BCUT2D eigenvalue weighted by molar-refractivity contribution is 6.31. The van der Waals surface area contributed by atoms with Crippen LogP contribution in [-0.2, 0) is 22.7 Å². The van der Waals surface area contributed by atoms with Crippen molar-refractivity contribution in [3.8, 4) is 0 Å². The molecule has 1 aliphatic rings. The van der Waals surface area contributed by atoms with Crippen LogP contribution >= 0.6 is 11.6 Å². The molecular formula is C25H24ClN5O3. The highest BCUT2D eigenvalue weighted by atomic mass is 35.5. The number of imide groups is 1. The smallest absolute Gasteiger partial charge is 0.324 e. The number of carbonyl (C=O) groups is 3. The van der Waals surface area contributed by atoms with Crippen LogP contribution in [-0.4, -0.2) is 39.1 Å². The molecule has 1 saturated heterocycles. The SMILES string of the molecule is Cc1ccc(Cn2nc(C)c(/C=C/C(=O)Nc3cccc(CN4C(=O)CNC4=O)c3)c2Cl)cc1. The number of aryl methyl sites for hydroxylation is 2. The van der Waals surface area contributed by atoms with E-state index < -0.39 is 6.03 Å². The fourth-order valence-electron chi connectivity index (χ4n) is 3.62. The van der Waals surface area contributed by atoms with Gasteiger partial charge in [-0.2, -0.15) is 5.10 Å². The van der Waals surface area contributed by atoms with Gasteiger partial charge in [0.2, 0.25) is 11.8 Å². The van der Waals surface area contributed by atoms with Gasteiger partial charge in [0.1, 0.15) is 5.15 Å². The van der Waals surface area contributed by atoms with Crippen LogP contribution in [0.15, 0.2) is 54.6 Å². The Bertz CT molecular complexity index is 1260. The van der Waals surface area contributed by atoms with Crippen LogP contribution in [0.5, 0.6) is 0 Å². The summed E-state index contributed by atoms with van der Waals surface area (Å²) in [7, 11) is 0. The van der Waals surface area contributed by atoms with E-state index in [0.717, 1.165) is 21.7 Å². The monoisotopic (exact) mass is 477 g/mol. The number of anilines is 1. The minimum atomic E-state index is -0.419. The van der Waals surface area contributed by atoms with Gasteiger partial charge >= 0.3 is 6.03 Å². The van der Waals surface area contributed by atoms with Crippen LogP contribution in [0.1, 0.15) is 27.9 Å². The van der Waals surface area contributed by atoms with Crippen molar-refractivity contribution in [3.63, 3.8) is 0 Å². The maximum atomic E-state index is 12.5. The second-order valence-electron chi connectivity index (χ2n) is 8.09. The number of nitrogens with one attached hydrogen (secondary N) is 2. The van der Waals surface area contributed by atoms with Gasteiger partial charge in [-0.05, 0) is 43.2 Å². The minimum Gasteiger partial charge on any atom is -0.329 e. The Balaban J connectivity index is 1.41. The van der Waals surface area contributed by atoms with Crippen LogP contribution < -0.4 is 10.6 Å². The second kappa shape index (κ2) is 9.93. The summed E-state index contributed by atoms with van der Waals surface area (Å²) in [5.74, 6) is -0.619. The molecule has 0 unspecified atom stereocenters. The zero-order valence-corrected chi connectivity index (χ0v) is 19.6. The summed E-state index contributed by atoms with van der Waals surface area (Å²) in [6, 6.07) is 14.7. The molecule has 0 radical (unpaired) electrons. The van der Waals surface area contributed by atoms with E-state index in [4.69, 9.17) is 11.6 Å². The number of aromatic nitrogens is 2. The van der Waals surface area contributed by atoms with E-state index in [-0.39, 0.29) is 24.9 Å². The average molecular weight is 478 g/mol. The Labute approximate surface area is 202 Å². The number of halogens is 1. The van der Waals surface area contributed by atoms with Crippen molar-refractivity contribution in [2.45, 2.75) is 26.9 Å². The van der Waals surface area contributed by atoms with E-state index in [2.05, 4.69) is 15.7 Å². The van der Waals surface area contributed by atoms with Gasteiger partial charge in [0.05, 0.1) is 25.3 Å². The van der Waals surface area contributed by atoms with Crippen molar-refractivity contribution in [2.24, 2.45) is 0 Å². The summed E-state index contributed by atoms with van der Waals surface area (Å²) >= 11 is 6.53. The van der Waals surface area contributed by atoms with E-state index in [0.29, 0.717) is 22.9 Å². The lowest BCUT2D eigenvalue weighted by atomic mass is 10.1. The lowest BCUT2D eigenvalue weighted by Gasteiger charge is -2.13. The molecule has 9 heteroatoms. The third-order valence-electron chi connectivity index (χ3n) is 5.44. The molecule has 3 aromatic rings. The van der Waals surface area contributed by atoms with Crippen molar-refractivity contribution in [2.75, 3.05) is 11.9 Å². The van der Waals surface area contributed by atoms with Gasteiger partial charge in [-0.1, -0.05) is 53.6 Å². The number of rotatable bonds is 7. The number of amides is 4. The van der Waals surface area contributed by atoms with Crippen molar-refractivity contribution in [3.05, 3.63) is 87.7 Å². The van der Waals surface area contributed by atoms with Crippen LogP contribution in [0.4, 0.5) is 10.5 Å². The lowest BCUT2D eigenvalue weighted by molar-refractivity contribution is -0.125. The first-order chi connectivity index (χ1) is 16.3. The van der Waals surface area contributed by atoms with Gasteiger partial charge < -0.3 is 10.6 Å². The van der Waals surface area contributed by atoms with Crippen molar-refractivity contribution in [1.82, 2.24) is 20.0 Å². The molecule has 1 fully saturated rings. The fraction of sp³-hybridized carbons (Fsp3) is 0.200. The topological polar surface area (TPSA) is 96.3 Å². The third-order valence-corrected chi connectivity index (χ3v) is 5.83. The normalized spacial score (nSPS) is 13.6. The average Bonchev–Trinajstić information content (AvgIpc) is 3.26. The molecule has 8 nitrogen and oxygen atoms in total. The van der Waals surface area contributed by atoms with Crippen LogP contribution in [0.25, 0.3) is 6.08 Å². The number of hydrogen-bond donors (Lipinski definition) is 2. The Morgan fingerprint density at radius 3 is 2.59 bits per heavy atom. The quantitative estimate of drug-likeness (QED) is 0.398. The molecule has 2 heterocycles. The molecule has 2 aromatic carbocycles. The Hall–Kier alpha value is -3.91. The van der Waals surface area contributed by atoms with Gasteiger partial charge in [-0.3, -0.25) is 14.5 Å². The second-order valence-corrected chi connectivity index (χ2v) is 8.45. The number of benzene rings is 2. The molecular weight excluding hydrogens is 454 g/mol. The highest BCUT2D eigenvalue weighted by Gasteiger charge is 2.28. The number of carbonyl (C=O) groups excluding carboxylic acids is 3. The minimum absolute atomic E-state index is 0.00360. The maximum Gasteiger partial charge on any atom is 0.324 e. The number of nitrogens with zero attached hydrogens (tertiary/aromatic N) is 3. The van der Waals surface area contributed by atoms with E-state index >= 15 is 0 Å². The van der Waals surface area contributed by atoms with E-state index in [1.54, 1.807) is 35.0 Å². The predicted octanol–water partition coefficient (Wildman–Crippen LogP) is 3.91. The molecule has 174 valence electrons. The molecule has 4 amide bonds. The number of hydrogen-bond acceptors (Lipinski definition) is 4. The Morgan fingerprint density at radius 1 is 1.12 bits per heavy atom. The zero-order valence-electron chi connectivity index (χ0n) is 18.8. The first-order valence-electron chi connectivity index (χ1n) is 10.7. The van der Waals surface area contributed by atoms with Crippen molar-refractivity contribution < 1.29 is 14.4 Å². The third kappa shape index (κ3) is 5.35. The molecule has 34 heavy (non-hydrogen) atoms. The summed E-state index contributed by atoms with van der Waals surface area (Å²) in [6.45, 7) is 4.55. The van der Waals surface area contributed by atoms with E-state index in [9.17, 15) is 14.4 Å². The summed E-state index contributed by atoms with van der Waals surface area (Å²) in [5.41, 5.74) is 4.94. The molecule has 0 bridgehead atoms. The summed E-state index contributed by atoms with van der Waals surface area (Å²) in [5, 5.41) is 10.2. The standard InChI is InChI=1S/C25H24ClN5O3/c1-16-6-8-18(9-7-16)15-31-24(26)21(17(2)29-31)10-11-22(32)28-20-5-3-4-19(12-20)14-30-23(33)13-27-25(30)34/h3-12H,13-15H2,1-2H3,(H,27,34)(H,28,32)/b11-10+. The number of urea groups is 1. The maximum absolute atomic E-state index is 12.5. The molecule has 0 aliphatic carbocycles. The molecule has 4 rings (SSSR count). The van der Waals surface area contributed by atoms with Crippen LogP contribution in [0.2, 0.25) is 5.15 Å². The molecule has 0 spiro atoms. The van der Waals surface area contributed by atoms with Gasteiger partial charge in [0.15, 0.2) is 0 Å². The van der Waals surface area contributed by atoms with E-state index in [1.807, 2.05) is 38.1 Å². The Kier molecular flexibility index (Phi) is 6.79. The molecule has 2 N–H and O–H groups in total. The summed E-state index contributed by atoms with van der Waals surface area (Å²) in [6.07, 6.45) is 3.04. The fourth-order valence-corrected chi connectivity index (χ4v) is 3.91. The van der Waals surface area contributed by atoms with Crippen molar-refractivity contribution >= 4 is 41.2 Å². The van der Waals surface area contributed by atoms with Gasteiger partial charge in [-0.15, -0.1) is 0 Å². The van der Waals surface area contributed by atoms with Gasteiger partial charge in [0, 0.05) is 17.3 Å². The largest absolute Gasteiger partial charge is 0.329 e. The summed E-state index contributed by atoms with van der Waals surface area (Å²) < 4.78 is 1.71. The van der Waals surface area contributed by atoms with Gasteiger partial charge in [-0.25, -0.2) is 9.48 Å². The zero-order chi connectivity index (χ0) is 24.2. The molecule has 1 aliphatic heterocycles. The molecule has 1 aromatic heterocycles. The summed E-state index contributed by atoms with van der Waals surface area (Å²) in [4.78, 5) is 37.2. The highest BCUT2D eigenvalue weighted by Crippen LogP contribution is 2.23. The first kappa shape index (κ1) is 23.3. The molecule has 0 saturated carbocycles. The lowest BCUT2D eigenvalue weighted by Crippen LogP contribution is -2.30. The first-order valence-corrected chi connectivity index (χ1v) is 11.1. The van der Waals surface area contributed by atoms with Gasteiger partial charge in [0.25, 0.3) is 0 Å². The predicted molar refractivity (Wildman–Crippen MR) is 130 cm³/mol. The molecule has 0 atom stereocenters. The Morgan fingerprint density at radius 2 is 1.88 bits per heavy atom.